The number of para-hydroxylation sites is 1. The standard InChI is InChI=1S/C16H20N6O3S2/c1-16(2,3)12-13(23)21-14(18-17-12)26-15(19-21)22(27(24,25)20(4)5)11-9-7-6-8-10-11/h6-10H,1-5H3. The predicted octanol–water partition coefficient (Wildman–Crippen LogP) is 1.79. The Balaban J connectivity index is 2.27. The summed E-state index contributed by atoms with van der Waals surface area (Å²) in [5, 5.41) is 12.5. The van der Waals surface area contributed by atoms with E-state index < -0.39 is 21.2 Å². The first kappa shape index (κ1) is 19.4. The molecule has 2 heterocycles. The van der Waals surface area contributed by atoms with Gasteiger partial charge in [-0.05, 0) is 12.1 Å². The van der Waals surface area contributed by atoms with Crippen LogP contribution in [-0.2, 0) is 15.6 Å². The van der Waals surface area contributed by atoms with E-state index in [1.807, 2.05) is 20.8 Å². The second kappa shape index (κ2) is 6.66. The quantitative estimate of drug-likeness (QED) is 0.652. The van der Waals surface area contributed by atoms with Crippen molar-refractivity contribution in [3.05, 3.63) is 46.4 Å². The molecule has 0 aliphatic carbocycles. The number of benzene rings is 1. The SMILES string of the molecule is CN(C)S(=O)(=O)N(c1ccccc1)c1nn2c(=O)c(C(C)(C)C)nnc2s1. The predicted molar refractivity (Wildman–Crippen MR) is 105 cm³/mol. The van der Waals surface area contributed by atoms with Crippen molar-refractivity contribution in [3.63, 3.8) is 0 Å². The molecule has 0 N–H and O–H groups in total. The van der Waals surface area contributed by atoms with Crippen molar-refractivity contribution in [2.24, 2.45) is 0 Å². The lowest BCUT2D eigenvalue weighted by Gasteiger charge is -2.24. The number of hydrogen-bond donors (Lipinski definition) is 0. The van der Waals surface area contributed by atoms with Crippen molar-refractivity contribution in [3.8, 4) is 0 Å². The summed E-state index contributed by atoms with van der Waals surface area (Å²) >= 11 is 0.976. The van der Waals surface area contributed by atoms with Crippen LogP contribution in [0.5, 0.6) is 0 Å². The molecule has 9 nitrogen and oxygen atoms in total. The van der Waals surface area contributed by atoms with Gasteiger partial charge in [0.2, 0.25) is 10.1 Å². The summed E-state index contributed by atoms with van der Waals surface area (Å²) in [4.78, 5) is 13.0. The molecular formula is C16H20N6O3S2. The first-order valence-corrected chi connectivity index (χ1v) is 10.3. The number of aromatic nitrogens is 4. The van der Waals surface area contributed by atoms with Gasteiger partial charge in [0.1, 0.15) is 5.69 Å². The third-order valence-electron chi connectivity index (χ3n) is 3.75. The van der Waals surface area contributed by atoms with Crippen LogP contribution in [0.15, 0.2) is 35.1 Å². The van der Waals surface area contributed by atoms with Gasteiger partial charge >= 0.3 is 10.2 Å². The van der Waals surface area contributed by atoms with Crippen molar-refractivity contribution in [2.75, 3.05) is 18.4 Å². The molecule has 3 aromatic rings. The number of rotatable bonds is 4. The molecule has 0 amide bonds. The maximum absolute atomic E-state index is 12.9. The number of anilines is 2. The van der Waals surface area contributed by atoms with Crippen molar-refractivity contribution >= 4 is 37.3 Å². The van der Waals surface area contributed by atoms with E-state index in [0.29, 0.717) is 5.69 Å². The van der Waals surface area contributed by atoms with Gasteiger partial charge in [-0.3, -0.25) is 4.79 Å². The van der Waals surface area contributed by atoms with E-state index in [1.165, 1.54) is 14.1 Å². The number of fused-ring (bicyclic) bond motifs is 1. The maximum atomic E-state index is 12.9. The molecule has 0 atom stereocenters. The summed E-state index contributed by atoms with van der Waals surface area (Å²) in [5.74, 6) is 0. The van der Waals surface area contributed by atoms with E-state index in [0.717, 1.165) is 24.5 Å². The molecule has 1 aromatic carbocycles. The van der Waals surface area contributed by atoms with Crippen molar-refractivity contribution in [1.29, 1.82) is 0 Å². The topological polar surface area (TPSA) is 101 Å². The average molecular weight is 409 g/mol. The first-order chi connectivity index (χ1) is 12.5. The fraction of sp³-hybridized carbons (Fsp3) is 0.375. The Hall–Kier alpha value is -2.37. The van der Waals surface area contributed by atoms with Gasteiger partial charge in [-0.15, -0.1) is 15.3 Å². The Morgan fingerprint density at radius 3 is 2.26 bits per heavy atom. The zero-order valence-corrected chi connectivity index (χ0v) is 17.2. The van der Waals surface area contributed by atoms with Crippen LogP contribution >= 0.6 is 11.3 Å². The number of nitrogens with zero attached hydrogens (tertiary/aromatic N) is 6. The molecular weight excluding hydrogens is 388 g/mol. The molecule has 0 bridgehead atoms. The summed E-state index contributed by atoms with van der Waals surface area (Å²) in [6.45, 7) is 5.56. The second-order valence-electron chi connectivity index (χ2n) is 7.07. The Bertz CT molecular complexity index is 1130. The van der Waals surface area contributed by atoms with Gasteiger partial charge in [-0.25, -0.2) is 0 Å². The fourth-order valence-electron chi connectivity index (χ4n) is 2.33. The zero-order chi connectivity index (χ0) is 20.0. The van der Waals surface area contributed by atoms with Crippen LogP contribution < -0.4 is 9.86 Å². The minimum absolute atomic E-state index is 0.104. The molecule has 0 unspecified atom stereocenters. The van der Waals surface area contributed by atoms with Crippen LogP contribution in [0.1, 0.15) is 26.5 Å². The molecule has 2 aromatic heterocycles. The number of hydrogen-bond acceptors (Lipinski definition) is 7. The minimum atomic E-state index is -3.89. The molecule has 0 saturated carbocycles. The summed E-state index contributed by atoms with van der Waals surface area (Å²) in [5.41, 5.74) is -0.254. The van der Waals surface area contributed by atoms with Crippen molar-refractivity contribution < 1.29 is 8.42 Å². The van der Waals surface area contributed by atoms with E-state index >= 15 is 0 Å². The molecule has 0 radical (unpaired) electrons. The summed E-state index contributed by atoms with van der Waals surface area (Å²) < 4.78 is 29.1. The molecule has 0 saturated heterocycles. The van der Waals surface area contributed by atoms with Gasteiger partial charge in [-0.1, -0.05) is 50.3 Å². The molecule has 0 fully saturated rings. The zero-order valence-electron chi connectivity index (χ0n) is 15.6. The van der Waals surface area contributed by atoms with Crippen molar-refractivity contribution in [1.82, 2.24) is 24.1 Å². The van der Waals surface area contributed by atoms with Gasteiger partial charge < -0.3 is 0 Å². The van der Waals surface area contributed by atoms with E-state index in [-0.39, 0.29) is 15.8 Å². The molecule has 27 heavy (non-hydrogen) atoms. The Morgan fingerprint density at radius 1 is 1.07 bits per heavy atom. The van der Waals surface area contributed by atoms with E-state index in [4.69, 9.17) is 0 Å². The normalized spacial score (nSPS) is 12.7. The maximum Gasteiger partial charge on any atom is 0.309 e. The van der Waals surface area contributed by atoms with Gasteiger partial charge in [0.05, 0.1) is 5.69 Å². The van der Waals surface area contributed by atoms with Crippen LogP contribution in [0.4, 0.5) is 10.8 Å². The van der Waals surface area contributed by atoms with Gasteiger partial charge in [0.15, 0.2) is 0 Å². The summed E-state index contributed by atoms with van der Waals surface area (Å²) in [6.07, 6.45) is 0. The van der Waals surface area contributed by atoms with Crippen LogP contribution in [0.3, 0.4) is 0 Å². The molecule has 0 aliphatic heterocycles. The van der Waals surface area contributed by atoms with Crippen LogP contribution in [0.2, 0.25) is 0 Å². The van der Waals surface area contributed by atoms with Crippen LogP contribution in [0.25, 0.3) is 4.96 Å². The van der Waals surface area contributed by atoms with E-state index in [2.05, 4.69) is 15.3 Å². The highest BCUT2D eigenvalue weighted by atomic mass is 32.2. The van der Waals surface area contributed by atoms with E-state index in [1.54, 1.807) is 30.3 Å². The lowest BCUT2D eigenvalue weighted by molar-refractivity contribution is 0.520. The highest BCUT2D eigenvalue weighted by Crippen LogP contribution is 2.32. The lowest BCUT2D eigenvalue weighted by atomic mass is 9.93. The molecule has 11 heteroatoms. The Kier molecular flexibility index (Phi) is 4.78. The third kappa shape index (κ3) is 3.45. The van der Waals surface area contributed by atoms with Crippen LogP contribution in [-0.4, -0.2) is 46.6 Å². The van der Waals surface area contributed by atoms with Gasteiger partial charge in [0, 0.05) is 19.5 Å². The third-order valence-corrected chi connectivity index (χ3v) is 6.51. The smallest absolute Gasteiger partial charge is 0.265 e. The first-order valence-electron chi connectivity index (χ1n) is 8.08. The summed E-state index contributed by atoms with van der Waals surface area (Å²) in [6, 6.07) is 8.55. The average Bonchev–Trinajstić information content (AvgIpc) is 2.99. The Morgan fingerprint density at radius 2 is 1.70 bits per heavy atom. The molecule has 0 spiro atoms. The largest absolute Gasteiger partial charge is 0.309 e. The van der Waals surface area contributed by atoms with Gasteiger partial charge in [-0.2, -0.15) is 21.5 Å². The molecule has 0 aliphatic rings. The van der Waals surface area contributed by atoms with Gasteiger partial charge in [0.25, 0.3) is 5.56 Å². The van der Waals surface area contributed by atoms with Crippen LogP contribution in [0, 0.1) is 0 Å². The monoisotopic (exact) mass is 408 g/mol. The van der Waals surface area contributed by atoms with E-state index in [9.17, 15) is 13.2 Å². The van der Waals surface area contributed by atoms with Crippen molar-refractivity contribution in [2.45, 2.75) is 26.2 Å². The highest BCUT2D eigenvalue weighted by molar-refractivity contribution is 7.91. The molecule has 3 rings (SSSR count). The minimum Gasteiger partial charge on any atom is -0.265 e. The second-order valence-corrected chi connectivity index (χ2v) is 10.00. The summed E-state index contributed by atoms with van der Waals surface area (Å²) in [7, 11) is -1.03. The Labute approximate surface area is 161 Å². The lowest BCUT2D eigenvalue weighted by Crippen LogP contribution is -2.37. The molecule has 144 valence electrons. The fourth-order valence-corrected chi connectivity index (χ4v) is 4.44. The highest BCUT2D eigenvalue weighted by Gasteiger charge is 2.31.